The number of fused-ring (bicyclic) bond motifs is 1. The highest BCUT2D eigenvalue weighted by molar-refractivity contribution is 6.30. The van der Waals surface area contributed by atoms with Crippen LogP contribution >= 0.6 is 11.6 Å². The molecule has 9 heteroatoms. The van der Waals surface area contributed by atoms with Crippen molar-refractivity contribution >= 4 is 28.4 Å². The Balaban J connectivity index is 0.000000269. The van der Waals surface area contributed by atoms with Crippen molar-refractivity contribution in [2.45, 2.75) is 37.5 Å². The molecule has 0 saturated heterocycles. The number of carbonyl (C=O) groups is 1. The number of nitrogens with one attached hydrogen (secondary N) is 1. The number of hydrogen-bond acceptors (Lipinski definition) is 3. The van der Waals surface area contributed by atoms with Crippen molar-refractivity contribution in [2.75, 3.05) is 0 Å². The molecule has 0 bridgehead atoms. The highest BCUT2D eigenvalue weighted by Gasteiger charge is 2.37. The van der Waals surface area contributed by atoms with Gasteiger partial charge in [0, 0.05) is 41.7 Å². The number of benzene rings is 1. The van der Waals surface area contributed by atoms with Crippen molar-refractivity contribution in [3.05, 3.63) is 75.0 Å². The number of hydrogen-bond donors (Lipinski definition) is 2. The van der Waals surface area contributed by atoms with Crippen molar-refractivity contribution in [3.8, 4) is 0 Å². The molecule has 2 heterocycles. The molecule has 158 valence electrons. The van der Waals surface area contributed by atoms with E-state index in [1.54, 1.807) is 0 Å². The van der Waals surface area contributed by atoms with Crippen LogP contribution in [0.15, 0.2) is 47.4 Å². The van der Waals surface area contributed by atoms with E-state index in [-0.39, 0.29) is 29.7 Å². The molecular formula is C21H19ClF3N3O2. The Morgan fingerprint density at radius 2 is 1.93 bits per heavy atom. The molecule has 1 aliphatic carbocycles. The lowest BCUT2D eigenvalue weighted by atomic mass is 9.84. The number of aromatic amines is 1. The van der Waals surface area contributed by atoms with Gasteiger partial charge in [-0.1, -0.05) is 11.6 Å². The maximum atomic E-state index is 13.6. The molecule has 1 aliphatic rings. The monoisotopic (exact) mass is 437 g/mol. The summed E-state index contributed by atoms with van der Waals surface area (Å²) in [6.07, 6.45) is 1.99. The molecule has 30 heavy (non-hydrogen) atoms. The Labute approximate surface area is 175 Å². The minimum atomic E-state index is -2.70. The zero-order valence-electron chi connectivity index (χ0n) is 15.8. The molecule has 1 amide bonds. The number of carbonyl (C=O) groups excluding carboxylic acids is 1. The molecule has 0 aliphatic heterocycles. The first-order chi connectivity index (χ1) is 14.2. The van der Waals surface area contributed by atoms with Gasteiger partial charge in [-0.05, 0) is 43.2 Å². The van der Waals surface area contributed by atoms with Crippen molar-refractivity contribution in [2.24, 2.45) is 5.73 Å². The van der Waals surface area contributed by atoms with E-state index in [2.05, 4.69) is 9.97 Å². The quantitative estimate of drug-likeness (QED) is 0.603. The zero-order valence-corrected chi connectivity index (χ0v) is 16.6. The maximum absolute atomic E-state index is 13.6. The van der Waals surface area contributed by atoms with Gasteiger partial charge in [0.2, 0.25) is 5.92 Å². The summed E-state index contributed by atoms with van der Waals surface area (Å²) in [5, 5.41) is 0.660. The fraction of sp³-hybridized carbons (Fsp3) is 0.286. The van der Waals surface area contributed by atoms with Gasteiger partial charge in [-0.2, -0.15) is 0 Å². The number of halogens is 4. The summed E-state index contributed by atoms with van der Waals surface area (Å²) < 4.78 is 39.2. The van der Waals surface area contributed by atoms with Crippen molar-refractivity contribution in [3.63, 3.8) is 0 Å². The fourth-order valence-electron chi connectivity index (χ4n) is 3.49. The molecule has 0 unspecified atom stereocenters. The molecule has 5 nitrogen and oxygen atoms in total. The second-order valence-electron chi connectivity index (χ2n) is 7.12. The van der Waals surface area contributed by atoms with E-state index >= 15 is 0 Å². The number of H-pyrrole nitrogens is 1. The molecule has 3 N–H and O–H groups in total. The van der Waals surface area contributed by atoms with E-state index in [1.807, 2.05) is 0 Å². The minimum absolute atomic E-state index is 0.0984. The fourth-order valence-corrected chi connectivity index (χ4v) is 3.62. The van der Waals surface area contributed by atoms with E-state index in [1.165, 1.54) is 42.6 Å². The number of alkyl halides is 2. The molecule has 1 fully saturated rings. The van der Waals surface area contributed by atoms with E-state index in [0.717, 1.165) is 0 Å². The van der Waals surface area contributed by atoms with E-state index in [9.17, 15) is 22.8 Å². The number of primary amides is 1. The lowest BCUT2D eigenvalue weighted by molar-refractivity contribution is -0.0412. The van der Waals surface area contributed by atoms with Gasteiger partial charge < -0.3 is 10.7 Å². The summed E-state index contributed by atoms with van der Waals surface area (Å²) >= 11 is 5.44. The third kappa shape index (κ3) is 5.18. The van der Waals surface area contributed by atoms with Gasteiger partial charge in [-0.3, -0.25) is 14.6 Å². The Kier molecular flexibility index (Phi) is 6.45. The molecule has 1 saturated carbocycles. The van der Waals surface area contributed by atoms with Crippen LogP contribution in [-0.2, 0) is 0 Å². The summed E-state index contributed by atoms with van der Waals surface area (Å²) in [6, 6.07) is 8.48. The van der Waals surface area contributed by atoms with Crippen LogP contribution in [0.3, 0.4) is 0 Å². The van der Waals surface area contributed by atoms with E-state index in [4.69, 9.17) is 17.3 Å². The maximum Gasteiger partial charge on any atom is 0.268 e. The van der Waals surface area contributed by atoms with Crippen LogP contribution < -0.4 is 11.2 Å². The second-order valence-corrected chi connectivity index (χ2v) is 7.56. The SMILES string of the molecule is Fc1ccc(Cl)cc1.NC(=O)c1nccc2[nH]c([C@H]3CCCC(F)(F)C3)cc(=O)c12. The Hall–Kier alpha value is -2.87. The van der Waals surface area contributed by atoms with E-state index < -0.39 is 23.2 Å². The Morgan fingerprint density at radius 1 is 1.23 bits per heavy atom. The topological polar surface area (TPSA) is 88.8 Å². The standard InChI is InChI=1S/C15H15F2N3O2.C6H4ClF/c16-15(17)4-1-2-8(7-15)10-6-11(21)12-9(20-10)3-5-19-13(12)14(18)22;7-5-1-3-6(8)4-2-5/h3,5-6,8H,1-2,4,7H2,(H2,18,22)(H,20,21);1-4H/t8-;/m0./s1. The van der Waals surface area contributed by atoms with Crippen LogP contribution in [0, 0.1) is 5.82 Å². The number of pyridine rings is 2. The summed E-state index contributed by atoms with van der Waals surface area (Å²) in [5.41, 5.74) is 5.53. The number of aromatic nitrogens is 2. The van der Waals surface area contributed by atoms with Crippen LogP contribution in [0.4, 0.5) is 13.2 Å². The van der Waals surface area contributed by atoms with Crippen LogP contribution in [0.1, 0.15) is 47.8 Å². The lowest BCUT2D eigenvalue weighted by Crippen LogP contribution is -2.26. The van der Waals surface area contributed by atoms with Crippen LogP contribution in [0.25, 0.3) is 10.9 Å². The van der Waals surface area contributed by atoms with Crippen molar-refractivity contribution in [1.29, 1.82) is 0 Å². The van der Waals surface area contributed by atoms with Gasteiger partial charge in [0.1, 0.15) is 11.5 Å². The third-order valence-electron chi connectivity index (χ3n) is 4.88. The molecule has 1 aromatic carbocycles. The average Bonchev–Trinajstić information content (AvgIpc) is 2.69. The number of nitrogens with zero attached hydrogens (tertiary/aromatic N) is 1. The number of amides is 1. The molecule has 3 aromatic rings. The molecule has 0 spiro atoms. The first-order valence-electron chi connectivity index (χ1n) is 9.27. The third-order valence-corrected chi connectivity index (χ3v) is 5.13. The van der Waals surface area contributed by atoms with Crippen LogP contribution in [0.5, 0.6) is 0 Å². The van der Waals surface area contributed by atoms with E-state index in [0.29, 0.717) is 29.1 Å². The predicted octanol–water partition coefficient (Wildman–Crippen LogP) is 4.79. The molecule has 0 radical (unpaired) electrons. The number of rotatable bonds is 2. The first kappa shape index (κ1) is 21.8. The highest BCUT2D eigenvalue weighted by Crippen LogP contribution is 2.41. The van der Waals surface area contributed by atoms with Gasteiger partial charge in [-0.15, -0.1) is 0 Å². The van der Waals surface area contributed by atoms with Gasteiger partial charge in [0.15, 0.2) is 5.43 Å². The molecule has 2 aromatic heterocycles. The Bertz CT molecular complexity index is 1100. The lowest BCUT2D eigenvalue weighted by Gasteiger charge is -2.29. The zero-order chi connectivity index (χ0) is 21.9. The molecule has 1 atom stereocenters. The second kappa shape index (κ2) is 8.87. The highest BCUT2D eigenvalue weighted by atomic mass is 35.5. The Morgan fingerprint density at radius 3 is 2.53 bits per heavy atom. The largest absolute Gasteiger partial charge is 0.364 e. The summed E-state index contributed by atoms with van der Waals surface area (Å²) in [6.45, 7) is 0. The van der Waals surface area contributed by atoms with Gasteiger partial charge >= 0.3 is 0 Å². The minimum Gasteiger partial charge on any atom is -0.364 e. The van der Waals surface area contributed by atoms with Crippen molar-refractivity contribution < 1.29 is 18.0 Å². The average molecular weight is 438 g/mol. The summed E-state index contributed by atoms with van der Waals surface area (Å²) in [7, 11) is 0. The molecular weight excluding hydrogens is 419 g/mol. The smallest absolute Gasteiger partial charge is 0.268 e. The van der Waals surface area contributed by atoms with Crippen molar-refractivity contribution in [1.82, 2.24) is 9.97 Å². The normalized spacial score (nSPS) is 17.8. The van der Waals surface area contributed by atoms with Gasteiger partial charge in [0.25, 0.3) is 5.91 Å². The summed E-state index contributed by atoms with van der Waals surface area (Å²) in [4.78, 5) is 30.4. The first-order valence-corrected chi connectivity index (χ1v) is 9.65. The van der Waals surface area contributed by atoms with Crippen LogP contribution in [-0.4, -0.2) is 21.8 Å². The van der Waals surface area contributed by atoms with Crippen LogP contribution in [0.2, 0.25) is 5.02 Å². The molecule has 4 rings (SSSR count). The predicted molar refractivity (Wildman–Crippen MR) is 108 cm³/mol. The summed E-state index contributed by atoms with van der Waals surface area (Å²) in [5.74, 6) is -4.15. The van der Waals surface area contributed by atoms with Gasteiger partial charge in [-0.25, -0.2) is 13.2 Å². The number of nitrogens with two attached hydrogens (primary N) is 1. The van der Waals surface area contributed by atoms with Gasteiger partial charge in [0.05, 0.1) is 10.9 Å².